The van der Waals surface area contributed by atoms with E-state index in [2.05, 4.69) is 11.9 Å². The number of aryl methyl sites for hydroxylation is 2. The van der Waals surface area contributed by atoms with E-state index in [1.165, 1.54) is 0 Å². The van der Waals surface area contributed by atoms with E-state index >= 15 is 0 Å². The monoisotopic (exact) mass is 249 g/mol. The van der Waals surface area contributed by atoms with E-state index in [0.717, 1.165) is 29.7 Å². The molecule has 0 aliphatic carbocycles. The Balaban J connectivity index is 3.24. The molecule has 0 saturated heterocycles. The molecule has 0 spiro atoms. The predicted octanol–water partition coefficient (Wildman–Crippen LogP) is 1.37. The number of methoxy groups -OCH3 is 1. The summed E-state index contributed by atoms with van der Waals surface area (Å²) in [6.07, 6.45) is 1.81. The molecule has 5 nitrogen and oxygen atoms in total. The third-order valence-electron chi connectivity index (χ3n) is 2.55. The van der Waals surface area contributed by atoms with Crippen LogP contribution in [0.2, 0.25) is 0 Å². The van der Waals surface area contributed by atoms with Gasteiger partial charge in [0.1, 0.15) is 5.75 Å². The summed E-state index contributed by atoms with van der Waals surface area (Å²) in [5, 5.41) is 0. The molecular formula is C13H19N3O2. The first kappa shape index (κ1) is 14.0. The van der Waals surface area contributed by atoms with E-state index < -0.39 is 5.91 Å². The smallest absolute Gasteiger partial charge is 0.280 e. The Labute approximate surface area is 107 Å². The number of carbonyl (C=O) groups excluding carboxylic acids is 1. The van der Waals surface area contributed by atoms with Crippen LogP contribution < -0.4 is 16.2 Å². The molecule has 0 saturated carbocycles. The summed E-state index contributed by atoms with van der Waals surface area (Å²) in [5.41, 5.74) is 12.8. The van der Waals surface area contributed by atoms with Gasteiger partial charge in [-0.15, -0.1) is 0 Å². The van der Waals surface area contributed by atoms with E-state index in [1.807, 2.05) is 6.92 Å². The van der Waals surface area contributed by atoms with E-state index in [4.69, 9.17) is 16.2 Å². The number of rotatable bonds is 4. The van der Waals surface area contributed by atoms with Crippen LogP contribution in [0.4, 0.5) is 0 Å². The molecule has 0 atom stereocenters. The van der Waals surface area contributed by atoms with E-state index in [9.17, 15) is 4.79 Å². The van der Waals surface area contributed by atoms with Gasteiger partial charge in [-0.1, -0.05) is 13.3 Å². The summed E-state index contributed by atoms with van der Waals surface area (Å²) in [7, 11) is 1.62. The number of nitrogens with zero attached hydrogens (tertiary/aromatic N) is 1. The van der Waals surface area contributed by atoms with Gasteiger partial charge in [-0.05, 0) is 36.6 Å². The number of benzene rings is 1. The number of aliphatic imine (C=N–C) groups is 1. The SMILES string of the molecule is CCCc1cc(C(=O)N=C(N)N)cc(C)c1OC. The van der Waals surface area contributed by atoms with Crippen LogP contribution in [0.3, 0.4) is 0 Å². The molecule has 0 bridgehead atoms. The fraction of sp³-hybridized carbons (Fsp3) is 0.385. The molecule has 0 heterocycles. The van der Waals surface area contributed by atoms with E-state index in [1.54, 1.807) is 19.2 Å². The Hall–Kier alpha value is -2.04. The van der Waals surface area contributed by atoms with Crippen LogP contribution in [0, 0.1) is 6.92 Å². The number of hydrogen-bond acceptors (Lipinski definition) is 2. The highest BCUT2D eigenvalue weighted by molar-refractivity contribution is 6.02. The summed E-state index contributed by atoms with van der Waals surface area (Å²) >= 11 is 0. The summed E-state index contributed by atoms with van der Waals surface area (Å²) in [6, 6.07) is 3.51. The molecule has 0 radical (unpaired) electrons. The Kier molecular flexibility index (Phi) is 4.71. The van der Waals surface area contributed by atoms with Crippen LogP contribution in [-0.2, 0) is 6.42 Å². The number of ether oxygens (including phenoxy) is 1. The van der Waals surface area contributed by atoms with Crippen molar-refractivity contribution in [3.05, 3.63) is 28.8 Å². The van der Waals surface area contributed by atoms with Crippen LogP contribution >= 0.6 is 0 Å². The van der Waals surface area contributed by atoms with Crippen LogP contribution in [0.1, 0.15) is 34.8 Å². The Morgan fingerprint density at radius 1 is 1.39 bits per heavy atom. The van der Waals surface area contributed by atoms with Crippen molar-refractivity contribution in [3.8, 4) is 5.75 Å². The minimum Gasteiger partial charge on any atom is -0.496 e. The lowest BCUT2D eigenvalue weighted by Crippen LogP contribution is -2.24. The van der Waals surface area contributed by atoms with Gasteiger partial charge in [0, 0.05) is 5.56 Å². The van der Waals surface area contributed by atoms with Gasteiger partial charge in [-0.2, -0.15) is 4.99 Å². The Morgan fingerprint density at radius 3 is 2.56 bits per heavy atom. The molecule has 1 aromatic carbocycles. The average Bonchev–Trinajstić information content (AvgIpc) is 2.28. The highest BCUT2D eigenvalue weighted by Crippen LogP contribution is 2.26. The maximum absolute atomic E-state index is 11.8. The van der Waals surface area contributed by atoms with Crippen molar-refractivity contribution in [3.63, 3.8) is 0 Å². The first-order chi connectivity index (χ1) is 8.49. The molecule has 0 aliphatic rings. The highest BCUT2D eigenvalue weighted by atomic mass is 16.5. The van der Waals surface area contributed by atoms with Crippen molar-refractivity contribution in [2.45, 2.75) is 26.7 Å². The standard InChI is InChI=1S/C13H19N3O2/c1-4-5-9-7-10(12(17)16-13(14)15)6-8(2)11(9)18-3/h6-7H,4-5H2,1-3H3,(H4,14,15,16,17). The fourth-order valence-electron chi connectivity index (χ4n) is 1.90. The topological polar surface area (TPSA) is 90.7 Å². The Morgan fingerprint density at radius 2 is 2.06 bits per heavy atom. The highest BCUT2D eigenvalue weighted by Gasteiger charge is 2.12. The van der Waals surface area contributed by atoms with Crippen LogP contribution in [0.5, 0.6) is 5.75 Å². The summed E-state index contributed by atoms with van der Waals surface area (Å²) < 4.78 is 5.35. The van der Waals surface area contributed by atoms with Crippen molar-refractivity contribution in [1.82, 2.24) is 0 Å². The first-order valence-electron chi connectivity index (χ1n) is 5.81. The molecule has 0 unspecified atom stereocenters. The Bertz CT molecular complexity index is 477. The van der Waals surface area contributed by atoms with Gasteiger partial charge in [-0.25, -0.2) is 0 Å². The summed E-state index contributed by atoms with van der Waals surface area (Å²) in [6.45, 7) is 3.96. The van der Waals surface area contributed by atoms with E-state index in [-0.39, 0.29) is 5.96 Å². The second-order valence-electron chi connectivity index (χ2n) is 4.08. The number of hydrogen-bond donors (Lipinski definition) is 2. The van der Waals surface area contributed by atoms with Crippen molar-refractivity contribution >= 4 is 11.9 Å². The average molecular weight is 249 g/mol. The van der Waals surface area contributed by atoms with Gasteiger partial charge < -0.3 is 16.2 Å². The van der Waals surface area contributed by atoms with E-state index in [0.29, 0.717) is 5.56 Å². The molecular weight excluding hydrogens is 230 g/mol. The van der Waals surface area contributed by atoms with Gasteiger partial charge in [-0.3, -0.25) is 4.79 Å². The first-order valence-corrected chi connectivity index (χ1v) is 5.81. The normalized spacial score (nSPS) is 9.94. The van der Waals surface area contributed by atoms with Crippen molar-refractivity contribution in [1.29, 1.82) is 0 Å². The third-order valence-corrected chi connectivity index (χ3v) is 2.55. The lowest BCUT2D eigenvalue weighted by Gasteiger charge is -2.12. The maximum Gasteiger partial charge on any atom is 0.280 e. The van der Waals surface area contributed by atoms with Crippen LogP contribution in [0.25, 0.3) is 0 Å². The molecule has 1 rings (SSSR count). The quantitative estimate of drug-likeness (QED) is 0.622. The number of nitrogens with two attached hydrogens (primary N) is 2. The van der Waals surface area contributed by atoms with Crippen molar-refractivity contribution in [2.24, 2.45) is 16.5 Å². The third kappa shape index (κ3) is 3.23. The lowest BCUT2D eigenvalue weighted by molar-refractivity contribution is 0.100. The van der Waals surface area contributed by atoms with Gasteiger partial charge in [0.15, 0.2) is 5.96 Å². The molecule has 0 fully saturated rings. The molecule has 0 aliphatic heterocycles. The fourth-order valence-corrected chi connectivity index (χ4v) is 1.90. The lowest BCUT2D eigenvalue weighted by atomic mass is 10.0. The zero-order chi connectivity index (χ0) is 13.7. The van der Waals surface area contributed by atoms with Gasteiger partial charge in [0.25, 0.3) is 5.91 Å². The molecule has 1 amide bonds. The predicted molar refractivity (Wildman–Crippen MR) is 71.9 cm³/mol. The minimum absolute atomic E-state index is 0.231. The summed E-state index contributed by atoms with van der Waals surface area (Å²) in [5.74, 6) is 0.154. The van der Waals surface area contributed by atoms with Crippen LogP contribution in [0.15, 0.2) is 17.1 Å². The van der Waals surface area contributed by atoms with Gasteiger partial charge in [0.05, 0.1) is 7.11 Å². The molecule has 5 heteroatoms. The molecule has 4 N–H and O–H groups in total. The minimum atomic E-state index is -0.432. The van der Waals surface area contributed by atoms with Crippen molar-refractivity contribution < 1.29 is 9.53 Å². The molecule has 98 valence electrons. The molecule has 1 aromatic rings. The zero-order valence-electron chi connectivity index (χ0n) is 11.0. The molecule has 18 heavy (non-hydrogen) atoms. The van der Waals surface area contributed by atoms with Gasteiger partial charge in [0.2, 0.25) is 0 Å². The summed E-state index contributed by atoms with van der Waals surface area (Å²) in [4.78, 5) is 15.3. The zero-order valence-corrected chi connectivity index (χ0v) is 11.0. The van der Waals surface area contributed by atoms with Crippen molar-refractivity contribution in [2.75, 3.05) is 7.11 Å². The second-order valence-corrected chi connectivity index (χ2v) is 4.08. The van der Waals surface area contributed by atoms with Gasteiger partial charge >= 0.3 is 0 Å². The number of carbonyl (C=O) groups is 1. The maximum atomic E-state index is 11.8. The number of guanidine groups is 1. The number of amides is 1. The van der Waals surface area contributed by atoms with Crippen LogP contribution in [-0.4, -0.2) is 19.0 Å². The largest absolute Gasteiger partial charge is 0.496 e. The second kappa shape index (κ2) is 6.05. The molecule has 0 aromatic heterocycles.